The monoisotopic (exact) mass is 578 g/mol. The van der Waals surface area contributed by atoms with Crippen molar-refractivity contribution in [3.8, 4) is 0 Å². The first-order chi connectivity index (χ1) is 15.7. The van der Waals surface area contributed by atoms with Gasteiger partial charge >= 0.3 is 128 Å². The zero-order valence-electron chi connectivity index (χ0n) is 17.4. The van der Waals surface area contributed by atoms with E-state index in [4.69, 9.17) is 4.55 Å². The van der Waals surface area contributed by atoms with Crippen LogP contribution in [-0.2, 0) is 16.3 Å². The van der Waals surface area contributed by atoms with Crippen molar-refractivity contribution in [3.63, 3.8) is 0 Å². The fraction of sp³-hybridized carbons (Fsp3) is 0.0400. The van der Waals surface area contributed by atoms with Gasteiger partial charge in [-0.3, -0.25) is 4.55 Å². The molecule has 0 atom stereocenters. The topological polar surface area (TPSA) is 54.4 Å². The Morgan fingerprint density at radius 2 is 0.909 bits per heavy atom. The van der Waals surface area contributed by atoms with Crippen LogP contribution in [0.3, 0.4) is 0 Å². The van der Waals surface area contributed by atoms with Gasteiger partial charge in [0.15, 0.2) is 0 Å². The zero-order chi connectivity index (χ0) is 23.9. The number of halogens is 3. The number of hydrogen-bond donors (Lipinski definition) is 1. The summed E-state index contributed by atoms with van der Waals surface area (Å²) in [6.07, 6.45) is -4.80. The fourth-order valence-electron chi connectivity index (χ4n) is 3.44. The molecule has 0 amide bonds. The van der Waals surface area contributed by atoms with Crippen LogP contribution in [0.15, 0.2) is 120 Å². The van der Waals surface area contributed by atoms with Crippen LogP contribution in [0.5, 0.6) is 0 Å². The molecule has 4 aromatic carbocycles. The minimum atomic E-state index is -4.84. The van der Waals surface area contributed by atoms with E-state index in [9.17, 15) is 21.6 Å². The van der Waals surface area contributed by atoms with E-state index in [-0.39, 0.29) is 0 Å². The molecule has 0 heterocycles. The van der Waals surface area contributed by atoms with Gasteiger partial charge in [-0.2, -0.15) is 21.6 Å². The van der Waals surface area contributed by atoms with Gasteiger partial charge in [-0.1, -0.05) is 12.1 Å². The molecule has 1 N–H and O–H groups in total. The van der Waals surface area contributed by atoms with Crippen molar-refractivity contribution in [1.82, 2.24) is 0 Å². The Labute approximate surface area is 198 Å². The molecular formula is C25H21F3O3SSn. The maximum absolute atomic E-state index is 12.2. The van der Waals surface area contributed by atoms with Crippen LogP contribution in [0, 0.1) is 0 Å². The van der Waals surface area contributed by atoms with Gasteiger partial charge in [-0.25, -0.2) is 0 Å². The molecule has 0 aliphatic rings. The summed E-state index contributed by atoms with van der Waals surface area (Å²) in [7, 11) is -4.84. The van der Waals surface area contributed by atoms with Gasteiger partial charge in [-0.15, -0.1) is 0 Å². The van der Waals surface area contributed by atoms with E-state index < -0.39 is 46.5 Å². The Balaban J connectivity index is 0.000000196. The normalized spacial score (nSPS) is 11.5. The summed E-state index contributed by atoms with van der Waals surface area (Å²) in [4.78, 5) is -1.13. The minimum absolute atomic E-state index is 0.586. The first kappa shape index (κ1) is 25.0. The third-order valence-electron chi connectivity index (χ3n) is 4.87. The SMILES string of the molecule is O=S(=O)(O)c1ccccc1C(F)(F)F.c1cc[c]([SnH]([c]2ccccc2)[c]2ccccc2)cc1. The van der Waals surface area contributed by atoms with Crippen LogP contribution in [0.25, 0.3) is 0 Å². The van der Waals surface area contributed by atoms with E-state index in [2.05, 4.69) is 91.0 Å². The molecule has 8 heteroatoms. The van der Waals surface area contributed by atoms with Gasteiger partial charge in [-0.05, 0) is 12.1 Å². The molecule has 0 spiro atoms. The first-order valence-electron chi connectivity index (χ1n) is 9.96. The molecule has 4 rings (SSSR count). The van der Waals surface area contributed by atoms with E-state index in [1.165, 1.54) is 0 Å². The van der Waals surface area contributed by atoms with Crippen LogP contribution in [0.2, 0.25) is 0 Å². The van der Waals surface area contributed by atoms with E-state index >= 15 is 0 Å². The number of hydrogen-bond acceptors (Lipinski definition) is 2. The summed E-state index contributed by atoms with van der Waals surface area (Å²) < 4.78 is 70.9. The quantitative estimate of drug-likeness (QED) is 0.296. The Kier molecular flexibility index (Phi) is 8.34. The molecule has 0 aromatic heterocycles. The van der Waals surface area contributed by atoms with Crippen LogP contribution in [0.4, 0.5) is 13.2 Å². The summed E-state index contributed by atoms with van der Waals surface area (Å²) in [6.45, 7) is 0. The zero-order valence-corrected chi connectivity index (χ0v) is 21.5. The Hall–Kier alpha value is -2.62. The summed E-state index contributed by atoms with van der Waals surface area (Å²) in [5.74, 6) is 0. The molecule has 0 aliphatic heterocycles. The summed E-state index contributed by atoms with van der Waals surface area (Å²) >= 11 is -2.14. The van der Waals surface area contributed by atoms with Gasteiger partial charge in [0.2, 0.25) is 0 Å². The Morgan fingerprint density at radius 3 is 1.21 bits per heavy atom. The predicted octanol–water partition coefficient (Wildman–Crippen LogP) is 3.89. The number of alkyl halides is 3. The fourth-order valence-corrected chi connectivity index (χ4v) is 12.6. The predicted molar refractivity (Wildman–Crippen MR) is 127 cm³/mol. The second-order valence-corrected chi connectivity index (χ2v) is 16.7. The maximum atomic E-state index is 12.2. The van der Waals surface area contributed by atoms with Crippen molar-refractivity contribution in [2.24, 2.45) is 0 Å². The van der Waals surface area contributed by atoms with Crippen molar-refractivity contribution in [1.29, 1.82) is 0 Å². The molecule has 0 saturated heterocycles. The first-order valence-corrected chi connectivity index (χ1v) is 16.3. The molecular weight excluding hydrogens is 556 g/mol. The molecule has 0 saturated carbocycles. The van der Waals surface area contributed by atoms with E-state index in [0.717, 1.165) is 12.1 Å². The van der Waals surface area contributed by atoms with Crippen molar-refractivity contribution >= 4 is 40.6 Å². The Morgan fingerprint density at radius 1 is 0.576 bits per heavy atom. The molecule has 33 heavy (non-hydrogen) atoms. The molecule has 0 fully saturated rings. The van der Waals surface area contributed by atoms with E-state index in [1.807, 2.05) is 0 Å². The second kappa shape index (κ2) is 11.0. The van der Waals surface area contributed by atoms with Crippen molar-refractivity contribution in [2.75, 3.05) is 0 Å². The second-order valence-electron chi connectivity index (χ2n) is 7.13. The van der Waals surface area contributed by atoms with Crippen LogP contribution in [-0.4, -0.2) is 32.7 Å². The molecule has 0 radical (unpaired) electrons. The number of benzene rings is 4. The number of rotatable bonds is 4. The standard InChI is InChI=1S/C7H5F3O3S.3C6H5.Sn.H/c8-7(9,10)5-3-1-2-4-6(5)14(11,12)13;3*1-2-4-6-5-3-1;;/h1-4H,(H,11,12,13);3*1-5H;;. The van der Waals surface area contributed by atoms with Crippen molar-refractivity contribution in [2.45, 2.75) is 11.1 Å². The van der Waals surface area contributed by atoms with Crippen LogP contribution < -0.4 is 10.7 Å². The molecule has 0 bridgehead atoms. The molecule has 4 aromatic rings. The molecule has 170 valence electrons. The summed E-state index contributed by atoms with van der Waals surface area (Å²) in [5.41, 5.74) is -1.37. The van der Waals surface area contributed by atoms with Crippen LogP contribution in [0.1, 0.15) is 5.56 Å². The molecule has 0 unspecified atom stereocenters. The van der Waals surface area contributed by atoms with Gasteiger partial charge < -0.3 is 0 Å². The Bertz CT molecular complexity index is 1170. The van der Waals surface area contributed by atoms with E-state index in [1.54, 1.807) is 10.7 Å². The average molecular weight is 577 g/mol. The summed E-state index contributed by atoms with van der Waals surface area (Å²) in [5, 5.41) is 0. The third kappa shape index (κ3) is 6.93. The van der Waals surface area contributed by atoms with E-state index in [0.29, 0.717) is 12.1 Å². The van der Waals surface area contributed by atoms with Gasteiger partial charge in [0.25, 0.3) is 10.1 Å². The van der Waals surface area contributed by atoms with Gasteiger partial charge in [0.1, 0.15) is 4.90 Å². The van der Waals surface area contributed by atoms with Gasteiger partial charge in [0.05, 0.1) is 5.56 Å². The molecule has 0 aliphatic carbocycles. The molecule has 3 nitrogen and oxygen atoms in total. The summed E-state index contributed by atoms with van der Waals surface area (Å²) in [6, 6.07) is 36.4. The van der Waals surface area contributed by atoms with Crippen molar-refractivity contribution in [3.05, 3.63) is 121 Å². The van der Waals surface area contributed by atoms with Crippen LogP contribution >= 0.6 is 0 Å². The average Bonchev–Trinajstić information content (AvgIpc) is 2.81. The van der Waals surface area contributed by atoms with Gasteiger partial charge in [0, 0.05) is 0 Å². The van der Waals surface area contributed by atoms with Crippen molar-refractivity contribution < 1.29 is 26.1 Å². The third-order valence-corrected chi connectivity index (χ3v) is 14.8.